The topological polar surface area (TPSA) is 67.6 Å². The van der Waals surface area contributed by atoms with Crippen LogP contribution < -0.4 is 11.3 Å². The SMILES string of the molecule is CC1COCCN1Cc1ccccc1C(=O)NN. The van der Waals surface area contributed by atoms with E-state index in [1.807, 2.05) is 18.2 Å². The molecule has 1 saturated heterocycles. The number of nitrogens with one attached hydrogen (secondary N) is 1. The fourth-order valence-electron chi connectivity index (χ4n) is 2.17. The summed E-state index contributed by atoms with van der Waals surface area (Å²) in [7, 11) is 0. The van der Waals surface area contributed by atoms with E-state index in [4.69, 9.17) is 10.6 Å². The van der Waals surface area contributed by atoms with Crippen molar-refractivity contribution < 1.29 is 9.53 Å². The molecular formula is C13H19N3O2. The first kappa shape index (κ1) is 13.0. The maximum absolute atomic E-state index is 11.7. The second kappa shape index (κ2) is 5.95. The number of hydrogen-bond donors (Lipinski definition) is 2. The number of hydrogen-bond acceptors (Lipinski definition) is 4. The van der Waals surface area contributed by atoms with Crippen molar-refractivity contribution in [1.82, 2.24) is 10.3 Å². The van der Waals surface area contributed by atoms with Gasteiger partial charge in [0.25, 0.3) is 5.91 Å². The van der Waals surface area contributed by atoms with E-state index >= 15 is 0 Å². The average Bonchev–Trinajstić information content (AvgIpc) is 2.41. The van der Waals surface area contributed by atoms with Crippen LogP contribution in [0.1, 0.15) is 22.8 Å². The first-order valence-electron chi connectivity index (χ1n) is 6.13. The molecule has 1 atom stereocenters. The maximum Gasteiger partial charge on any atom is 0.265 e. The highest BCUT2D eigenvalue weighted by Gasteiger charge is 2.20. The minimum absolute atomic E-state index is 0.244. The molecule has 1 aromatic carbocycles. The summed E-state index contributed by atoms with van der Waals surface area (Å²) in [6.07, 6.45) is 0. The van der Waals surface area contributed by atoms with E-state index in [2.05, 4.69) is 17.2 Å². The van der Waals surface area contributed by atoms with Crippen molar-refractivity contribution >= 4 is 5.91 Å². The molecule has 0 radical (unpaired) electrons. The fraction of sp³-hybridized carbons (Fsp3) is 0.462. The summed E-state index contributed by atoms with van der Waals surface area (Å²) in [5.74, 6) is 4.96. The molecule has 0 spiro atoms. The zero-order valence-electron chi connectivity index (χ0n) is 10.6. The molecule has 0 aliphatic carbocycles. The van der Waals surface area contributed by atoms with Crippen molar-refractivity contribution in [3.63, 3.8) is 0 Å². The predicted molar refractivity (Wildman–Crippen MR) is 68.8 cm³/mol. The van der Waals surface area contributed by atoms with E-state index in [9.17, 15) is 4.79 Å². The van der Waals surface area contributed by atoms with Crippen LogP contribution in [0, 0.1) is 0 Å². The minimum atomic E-state index is -0.244. The smallest absolute Gasteiger partial charge is 0.265 e. The summed E-state index contributed by atoms with van der Waals surface area (Å²) >= 11 is 0. The van der Waals surface area contributed by atoms with Gasteiger partial charge in [-0.2, -0.15) is 0 Å². The van der Waals surface area contributed by atoms with Gasteiger partial charge in [0.15, 0.2) is 0 Å². The molecule has 3 N–H and O–H groups in total. The van der Waals surface area contributed by atoms with Crippen LogP contribution in [0.4, 0.5) is 0 Å². The van der Waals surface area contributed by atoms with Gasteiger partial charge in [-0.05, 0) is 18.6 Å². The van der Waals surface area contributed by atoms with Crippen LogP contribution in [0.15, 0.2) is 24.3 Å². The minimum Gasteiger partial charge on any atom is -0.379 e. The van der Waals surface area contributed by atoms with Gasteiger partial charge >= 0.3 is 0 Å². The Labute approximate surface area is 107 Å². The van der Waals surface area contributed by atoms with Gasteiger partial charge in [0, 0.05) is 24.7 Å². The summed E-state index contributed by atoms with van der Waals surface area (Å²) < 4.78 is 5.41. The molecule has 0 saturated carbocycles. The van der Waals surface area contributed by atoms with Gasteiger partial charge in [0.2, 0.25) is 0 Å². The molecule has 1 aliphatic rings. The lowest BCUT2D eigenvalue weighted by atomic mass is 10.1. The fourth-order valence-corrected chi connectivity index (χ4v) is 2.17. The van der Waals surface area contributed by atoms with Crippen molar-refractivity contribution in [2.45, 2.75) is 19.5 Å². The molecule has 1 aliphatic heterocycles. The van der Waals surface area contributed by atoms with Crippen LogP contribution >= 0.6 is 0 Å². The lowest BCUT2D eigenvalue weighted by Gasteiger charge is -2.33. The van der Waals surface area contributed by atoms with Gasteiger partial charge in [-0.3, -0.25) is 15.1 Å². The highest BCUT2D eigenvalue weighted by Crippen LogP contribution is 2.15. The Morgan fingerprint density at radius 3 is 3.06 bits per heavy atom. The van der Waals surface area contributed by atoms with Crippen LogP contribution in [0.25, 0.3) is 0 Å². The number of rotatable bonds is 3. The summed E-state index contributed by atoms with van der Waals surface area (Å²) in [6, 6.07) is 7.91. The van der Waals surface area contributed by atoms with E-state index in [1.165, 1.54) is 0 Å². The van der Waals surface area contributed by atoms with Gasteiger partial charge in [0.05, 0.1) is 13.2 Å². The normalized spacial score (nSPS) is 20.7. The molecule has 98 valence electrons. The van der Waals surface area contributed by atoms with Gasteiger partial charge in [-0.15, -0.1) is 0 Å². The van der Waals surface area contributed by atoms with E-state index in [-0.39, 0.29) is 5.91 Å². The van der Waals surface area contributed by atoms with Crippen molar-refractivity contribution in [1.29, 1.82) is 0 Å². The van der Waals surface area contributed by atoms with Crippen molar-refractivity contribution in [2.75, 3.05) is 19.8 Å². The van der Waals surface area contributed by atoms with Crippen LogP contribution in [-0.2, 0) is 11.3 Å². The zero-order valence-corrected chi connectivity index (χ0v) is 10.6. The van der Waals surface area contributed by atoms with Crippen LogP contribution in [0.3, 0.4) is 0 Å². The molecule has 2 rings (SSSR count). The molecule has 1 aromatic rings. The molecule has 1 unspecified atom stereocenters. The molecule has 5 nitrogen and oxygen atoms in total. The number of hydrazine groups is 1. The third-order valence-electron chi connectivity index (χ3n) is 3.27. The van der Waals surface area contributed by atoms with Crippen molar-refractivity contribution in [3.8, 4) is 0 Å². The first-order valence-corrected chi connectivity index (χ1v) is 6.13. The Morgan fingerprint density at radius 1 is 1.56 bits per heavy atom. The molecule has 5 heteroatoms. The summed E-state index contributed by atoms with van der Waals surface area (Å²) in [4.78, 5) is 14.0. The van der Waals surface area contributed by atoms with Crippen LogP contribution in [0.2, 0.25) is 0 Å². The second-order valence-electron chi connectivity index (χ2n) is 4.53. The van der Waals surface area contributed by atoms with Gasteiger partial charge < -0.3 is 4.74 Å². The number of ether oxygens (including phenoxy) is 1. The molecule has 1 heterocycles. The molecule has 1 amide bonds. The number of benzene rings is 1. The number of carbonyl (C=O) groups is 1. The number of amides is 1. The summed E-state index contributed by atoms with van der Waals surface area (Å²) in [5, 5.41) is 0. The number of nitrogens with zero attached hydrogens (tertiary/aromatic N) is 1. The number of morpholine rings is 1. The third-order valence-corrected chi connectivity index (χ3v) is 3.27. The Balaban J connectivity index is 2.15. The largest absolute Gasteiger partial charge is 0.379 e. The van der Waals surface area contributed by atoms with E-state index < -0.39 is 0 Å². The van der Waals surface area contributed by atoms with Crippen molar-refractivity contribution in [3.05, 3.63) is 35.4 Å². The highest BCUT2D eigenvalue weighted by atomic mass is 16.5. The van der Waals surface area contributed by atoms with Gasteiger partial charge in [0.1, 0.15) is 0 Å². The lowest BCUT2D eigenvalue weighted by Crippen LogP contribution is -2.43. The number of carbonyl (C=O) groups excluding carboxylic acids is 1. The zero-order chi connectivity index (χ0) is 13.0. The maximum atomic E-state index is 11.7. The Morgan fingerprint density at radius 2 is 2.33 bits per heavy atom. The molecular weight excluding hydrogens is 230 g/mol. The summed E-state index contributed by atoms with van der Waals surface area (Å²) in [5.41, 5.74) is 3.82. The monoisotopic (exact) mass is 249 g/mol. The van der Waals surface area contributed by atoms with E-state index in [0.29, 0.717) is 11.6 Å². The molecule has 0 aromatic heterocycles. The van der Waals surface area contributed by atoms with E-state index in [1.54, 1.807) is 6.07 Å². The Bertz CT molecular complexity index is 422. The van der Waals surface area contributed by atoms with Gasteiger partial charge in [-0.1, -0.05) is 18.2 Å². The first-order chi connectivity index (χ1) is 8.72. The van der Waals surface area contributed by atoms with Crippen LogP contribution in [-0.4, -0.2) is 36.6 Å². The third kappa shape index (κ3) is 2.87. The molecule has 18 heavy (non-hydrogen) atoms. The predicted octanol–water partition coefficient (Wildman–Crippen LogP) is 0.511. The van der Waals surface area contributed by atoms with Crippen LogP contribution in [0.5, 0.6) is 0 Å². The Hall–Kier alpha value is -1.43. The quantitative estimate of drug-likeness (QED) is 0.465. The van der Waals surface area contributed by atoms with E-state index in [0.717, 1.165) is 31.9 Å². The van der Waals surface area contributed by atoms with Gasteiger partial charge in [-0.25, -0.2) is 5.84 Å². The summed E-state index contributed by atoms with van der Waals surface area (Å²) in [6.45, 7) is 5.25. The highest BCUT2D eigenvalue weighted by molar-refractivity contribution is 5.95. The second-order valence-corrected chi connectivity index (χ2v) is 4.53. The lowest BCUT2D eigenvalue weighted by molar-refractivity contribution is -0.00445. The molecule has 1 fully saturated rings. The molecule has 0 bridgehead atoms. The van der Waals surface area contributed by atoms with Crippen molar-refractivity contribution in [2.24, 2.45) is 5.84 Å². The standard InChI is InChI=1S/C13H19N3O2/c1-10-9-18-7-6-16(10)8-11-4-2-3-5-12(11)13(17)15-14/h2-5,10H,6-9,14H2,1H3,(H,15,17). The average molecular weight is 249 g/mol. The Kier molecular flexibility index (Phi) is 4.30. The number of nitrogens with two attached hydrogens (primary N) is 1. The number of nitrogen functional groups attached to an aromatic ring is 1.